The molecule has 0 N–H and O–H groups in total. The van der Waals surface area contributed by atoms with E-state index in [0.717, 1.165) is 16.7 Å². The lowest BCUT2D eigenvalue weighted by molar-refractivity contribution is -0.559. The van der Waals surface area contributed by atoms with Gasteiger partial charge in [0.2, 0.25) is 0 Å². The van der Waals surface area contributed by atoms with E-state index in [1.807, 2.05) is 91.0 Å². The fourth-order valence-electron chi connectivity index (χ4n) is 4.49. The van der Waals surface area contributed by atoms with Gasteiger partial charge in [0.05, 0.1) is 26.4 Å². The van der Waals surface area contributed by atoms with Crippen molar-refractivity contribution in [3.63, 3.8) is 0 Å². The Bertz CT molecular complexity index is 1120. The van der Waals surface area contributed by atoms with Crippen molar-refractivity contribution in [2.45, 2.75) is 57.2 Å². The van der Waals surface area contributed by atoms with E-state index in [2.05, 4.69) is 6.58 Å². The van der Waals surface area contributed by atoms with Crippen LogP contribution in [0.15, 0.2) is 103 Å². The van der Waals surface area contributed by atoms with Crippen molar-refractivity contribution in [3.05, 3.63) is 130 Å². The maximum Gasteiger partial charge on any atom is 0.270 e. The number of rotatable bonds is 12. The molecule has 5 atom stereocenters. The van der Waals surface area contributed by atoms with E-state index in [0.29, 0.717) is 12.2 Å². The minimum absolute atomic E-state index is 0.188. The first-order valence-electron chi connectivity index (χ1n) is 12.4. The topological polar surface area (TPSA) is 80.1 Å². The van der Waals surface area contributed by atoms with Gasteiger partial charge >= 0.3 is 0 Å². The van der Waals surface area contributed by atoms with E-state index in [-0.39, 0.29) is 24.7 Å². The van der Waals surface area contributed by atoms with Crippen molar-refractivity contribution in [2.24, 2.45) is 0 Å². The van der Waals surface area contributed by atoms with Crippen LogP contribution in [-0.4, -0.2) is 42.0 Å². The van der Waals surface area contributed by atoms with Gasteiger partial charge in [0.15, 0.2) is 6.10 Å². The van der Waals surface area contributed by atoms with E-state index in [4.69, 9.17) is 18.9 Å². The Morgan fingerprint density at radius 2 is 1.27 bits per heavy atom. The average molecular weight is 504 g/mol. The minimum Gasteiger partial charge on any atom is -0.374 e. The molecule has 1 aliphatic rings. The van der Waals surface area contributed by atoms with Gasteiger partial charge in [0.25, 0.3) is 6.04 Å². The molecule has 1 aliphatic heterocycles. The van der Waals surface area contributed by atoms with E-state index < -0.39 is 30.5 Å². The number of ether oxygens (including phenoxy) is 4. The maximum absolute atomic E-state index is 12.3. The van der Waals surface area contributed by atoms with Gasteiger partial charge in [-0.25, -0.2) is 0 Å². The molecular formula is C30H33NO6. The van der Waals surface area contributed by atoms with Gasteiger partial charge in [-0.05, 0) is 29.2 Å². The molecule has 0 aliphatic carbocycles. The van der Waals surface area contributed by atoms with Gasteiger partial charge in [-0.3, -0.25) is 10.1 Å². The molecule has 0 bridgehead atoms. The molecule has 194 valence electrons. The van der Waals surface area contributed by atoms with Crippen LogP contribution in [0, 0.1) is 10.1 Å². The first kappa shape index (κ1) is 26.7. The van der Waals surface area contributed by atoms with Crippen molar-refractivity contribution < 1.29 is 23.9 Å². The van der Waals surface area contributed by atoms with Crippen molar-refractivity contribution >= 4 is 0 Å². The summed E-state index contributed by atoms with van der Waals surface area (Å²) in [4.78, 5) is 12.0. The fourth-order valence-corrected chi connectivity index (χ4v) is 4.49. The Morgan fingerprint density at radius 1 is 0.811 bits per heavy atom. The average Bonchev–Trinajstić information content (AvgIpc) is 2.92. The Balaban J connectivity index is 1.59. The lowest BCUT2D eigenvalue weighted by atomic mass is 9.89. The normalized spacial score (nSPS) is 23.4. The van der Waals surface area contributed by atoms with Crippen molar-refractivity contribution in [3.8, 4) is 0 Å². The second-order valence-corrected chi connectivity index (χ2v) is 9.24. The third-order valence-corrected chi connectivity index (χ3v) is 6.35. The predicted octanol–water partition coefficient (Wildman–Crippen LogP) is 5.36. The molecule has 1 saturated heterocycles. The van der Waals surface area contributed by atoms with Crippen LogP contribution in [0.3, 0.4) is 0 Å². The second-order valence-electron chi connectivity index (χ2n) is 9.24. The largest absolute Gasteiger partial charge is 0.374 e. The molecule has 1 fully saturated rings. The molecule has 3 aromatic carbocycles. The molecule has 0 amide bonds. The Morgan fingerprint density at radius 3 is 1.73 bits per heavy atom. The van der Waals surface area contributed by atoms with Gasteiger partial charge < -0.3 is 18.9 Å². The molecule has 0 saturated carbocycles. The highest BCUT2D eigenvalue weighted by Crippen LogP contribution is 2.32. The number of benzene rings is 3. The summed E-state index contributed by atoms with van der Waals surface area (Å²) < 4.78 is 24.9. The Labute approximate surface area is 217 Å². The van der Waals surface area contributed by atoms with Crippen LogP contribution in [-0.2, 0) is 38.8 Å². The number of hydrogen-bond acceptors (Lipinski definition) is 6. The summed E-state index contributed by atoms with van der Waals surface area (Å²) in [7, 11) is 0. The van der Waals surface area contributed by atoms with Crippen molar-refractivity contribution in [2.75, 3.05) is 6.61 Å². The highest BCUT2D eigenvalue weighted by atomic mass is 16.7. The lowest BCUT2D eigenvalue weighted by Crippen LogP contribution is -2.63. The van der Waals surface area contributed by atoms with E-state index in [1.54, 1.807) is 6.92 Å². The monoisotopic (exact) mass is 503 g/mol. The van der Waals surface area contributed by atoms with Crippen molar-refractivity contribution in [1.82, 2.24) is 0 Å². The molecule has 0 radical (unpaired) electrons. The standard InChI is InChI=1S/C30H33NO6/c1-22(2)28-27(31(32)33)30(36-20-25-16-10-5-11-17-25)29(35-19-24-14-8-4-9-15-24)26(37-28)21-34-18-23-12-6-3-7-13-23/h3-17,26-30H,1,18-21H2,2H3/t26-,27+,28+,29-,30-/m1/s1. The molecule has 7 nitrogen and oxygen atoms in total. The highest BCUT2D eigenvalue weighted by molar-refractivity contribution is 5.16. The van der Waals surface area contributed by atoms with E-state index in [9.17, 15) is 10.1 Å². The fraction of sp³-hybridized carbons (Fsp3) is 0.333. The minimum atomic E-state index is -1.17. The van der Waals surface area contributed by atoms with Crippen LogP contribution in [0.25, 0.3) is 0 Å². The zero-order valence-electron chi connectivity index (χ0n) is 21.0. The molecule has 4 rings (SSSR count). The molecular weight excluding hydrogens is 470 g/mol. The van der Waals surface area contributed by atoms with Crippen LogP contribution in [0.1, 0.15) is 23.6 Å². The zero-order valence-corrected chi connectivity index (χ0v) is 21.0. The van der Waals surface area contributed by atoms with Crippen LogP contribution in [0.2, 0.25) is 0 Å². The van der Waals surface area contributed by atoms with Crippen molar-refractivity contribution in [1.29, 1.82) is 0 Å². The lowest BCUT2D eigenvalue weighted by Gasteiger charge is -2.42. The SMILES string of the molecule is C=C(C)[C@@H]1O[C@H](COCc2ccccc2)[C@@H](OCc2ccccc2)[C@H](OCc2ccccc2)[C@H]1[N+](=O)[O-]. The summed E-state index contributed by atoms with van der Waals surface area (Å²) in [5, 5.41) is 12.3. The summed E-state index contributed by atoms with van der Waals surface area (Å²) >= 11 is 0. The number of hydrogen-bond donors (Lipinski definition) is 0. The van der Waals surface area contributed by atoms with Gasteiger partial charge in [0, 0.05) is 4.92 Å². The predicted molar refractivity (Wildman–Crippen MR) is 140 cm³/mol. The molecule has 7 heteroatoms. The molecule has 37 heavy (non-hydrogen) atoms. The summed E-state index contributed by atoms with van der Waals surface area (Å²) in [6, 6.07) is 27.9. The summed E-state index contributed by atoms with van der Waals surface area (Å²) in [6.07, 6.45) is -3.03. The quantitative estimate of drug-likeness (QED) is 0.188. The van der Waals surface area contributed by atoms with Gasteiger partial charge in [-0.2, -0.15) is 0 Å². The van der Waals surface area contributed by atoms with E-state index in [1.165, 1.54) is 0 Å². The smallest absolute Gasteiger partial charge is 0.270 e. The van der Waals surface area contributed by atoms with Gasteiger partial charge in [-0.15, -0.1) is 0 Å². The van der Waals surface area contributed by atoms with Crippen LogP contribution < -0.4 is 0 Å². The van der Waals surface area contributed by atoms with Crippen LogP contribution in [0.4, 0.5) is 0 Å². The molecule has 3 aromatic rings. The van der Waals surface area contributed by atoms with Gasteiger partial charge in [-0.1, -0.05) is 97.6 Å². The molecule has 0 unspecified atom stereocenters. The molecule has 0 aromatic heterocycles. The molecule has 0 spiro atoms. The number of nitro groups is 1. The summed E-state index contributed by atoms with van der Waals surface area (Å²) in [5.41, 5.74) is 3.45. The summed E-state index contributed by atoms with van der Waals surface area (Å²) in [5.74, 6) is 0. The summed E-state index contributed by atoms with van der Waals surface area (Å²) in [6.45, 7) is 6.76. The number of nitrogens with zero attached hydrogens (tertiary/aromatic N) is 1. The zero-order chi connectivity index (χ0) is 26.0. The third kappa shape index (κ3) is 7.33. The highest BCUT2D eigenvalue weighted by Gasteiger charge is 2.54. The first-order chi connectivity index (χ1) is 18.0. The van der Waals surface area contributed by atoms with E-state index >= 15 is 0 Å². The molecule has 1 heterocycles. The Kier molecular flexibility index (Phi) is 9.57. The van der Waals surface area contributed by atoms with Gasteiger partial charge in [0.1, 0.15) is 18.3 Å². The van der Waals surface area contributed by atoms with Crippen LogP contribution >= 0.6 is 0 Å². The maximum atomic E-state index is 12.3. The van der Waals surface area contributed by atoms with Crippen LogP contribution in [0.5, 0.6) is 0 Å². The first-order valence-corrected chi connectivity index (χ1v) is 12.4. The Hall–Kier alpha value is -3.36. The third-order valence-electron chi connectivity index (χ3n) is 6.35. The second kappa shape index (κ2) is 13.3.